The third-order valence-corrected chi connectivity index (χ3v) is 1.77. The molecule has 4 heteroatoms. The van der Waals surface area contributed by atoms with Gasteiger partial charge in [0.2, 0.25) is 0 Å². The molecule has 0 aliphatic carbocycles. The van der Waals surface area contributed by atoms with Gasteiger partial charge in [0.25, 0.3) is 0 Å². The summed E-state index contributed by atoms with van der Waals surface area (Å²) >= 11 is 0. The molecule has 0 fully saturated rings. The molecule has 1 aromatic rings. The third kappa shape index (κ3) is 3.08. The molecule has 2 N–H and O–H groups in total. The van der Waals surface area contributed by atoms with E-state index in [1.165, 1.54) is 6.20 Å². The van der Waals surface area contributed by atoms with E-state index in [4.69, 9.17) is 5.11 Å². The highest BCUT2D eigenvalue weighted by molar-refractivity contribution is 5.12. The van der Waals surface area contributed by atoms with E-state index in [0.29, 0.717) is 12.1 Å². The number of nitrogens with zero attached hydrogens (tertiary/aromatic N) is 1. The van der Waals surface area contributed by atoms with Crippen LogP contribution < -0.4 is 5.32 Å². The van der Waals surface area contributed by atoms with Gasteiger partial charge in [-0.05, 0) is 13.0 Å². The summed E-state index contributed by atoms with van der Waals surface area (Å²) in [6.07, 6.45) is 2.73. The van der Waals surface area contributed by atoms with Crippen LogP contribution in [0.1, 0.15) is 12.5 Å². The number of aliphatic hydroxyl groups is 1. The Morgan fingerprint density at radius 1 is 1.69 bits per heavy atom. The average Bonchev–Trinajstić information content (AvgIpc) is 2.16. The molecular formula is C9H13FN2O. The Bertz CT molecular complexity index is 268. The number of hydrogen-bond donors (Lipinski definition) is 2. The second-order valence-electron chi connectivity index (χ2n) is 2.93. The molecule has 0 bridgehead atoms. The molecule has 0 amide bonds. The summed E-state index contributed by atoms with van der Waals surface area (Å²) in [6, 6.07) is 1.60. The quantitative estimate of drug-likeness (QED) is 0.723. The van der Waals surface area contributed by atoms with Gasteiger partial charge in [-0.25, -0.2) is 4.39 Å². The van der Waals surface area contributed by atoms with Crippen LogP contribution in [0.3, 0.4) is 0 Å². The molecule has 3 nitrogen and oxygen atoms in total. The van der Waals surface area contributed by atoms with Crippen LogP contribution in [0.15, 0.2) is 18.5 Å². The molecular weight excluding hydrogens is 171 g/mol. The zero-order chi connectivity index (χ0) is 9.68. The number of aliphatic hydroxyl groups excluding tert-OH is 1. The van der Waals surface area contributed by atoms with Crippen LogP contribution >= 0.6 is 0 Å². The van der Waals surface area contributed by atoms with Crippen molar-refractivity contribution < 1.29 is 9.50 Å². The predicted molar refractivity (Wildman–Crippen MR) is 47.6 cm³/mol. The number of rotatable bonds is 4. The van der Waals surface area contributed by atoms with Crippen LogP contribution in [0.25, 0.3) is 0 Å². The Morgan fingerprint density at radius 2 is 2.46 bits per heavy atom. The van der Waals surface area contributed by atoms with E-state index in [1.807, 2.05) is 6.92 Å². The minimum absolute atomic E-state index is 0.0208. The molecule has 0 saturated carbocycles. The van der Waals surface area contributed by atoms with Gasteiger partial charge in [0, 0.05) is 24.3 Å². The van der Waals surface area contributed by atoms with Crippen molar-refractivity contribution in [1.29, 1.82) is 0 Å². The Balaban J connectivity index is 2.50. The van der Waals surface area contributed by atoms with Crippen molar-refractivity contribution >= 4 is 0 Å². The van der Waals surface area contributed by atoms with Gasteiger partial charge < -0.3 is 10.4 Å². The van der Waals surface area contributed by atoms with E-state index >= 15 is 0 Å². The SMILES string of the molecule is CC(CO)NCc1ccncc1F. The number of aromatic nitrogens is 1. The molecule has 0 aliphatic heterocycles. The van der Waals surface area contributed by atoms with Crippen LogP contribution in [-0.4, -0.2) is 22.7 Å². The van der Waals surface area contributed by atoms with E-state index in [1.54, 1.807) is 12.3 Å². The molecule has 0 radical (unpaired) electrons. The Hall–Kier alpha value is -1.00. The van der Waals surface area contributed by atoms with Gasteiger partial charge in [0.05, 0.1) is 12.8 Å². The standard InChI is InChI=1S/C9H13FN2O/c1-7(6-13)12-4-8-2-3-11-5-9(8)10/h2-3,5,7,12-13H,4,6H2,1H3. The largest absolute Gasteiger partial charge is 0.395 e. The molecule has 0 aliphatic rings. The number of pyridine rings is 1. The molecule has 1 atom stereocenters. The molecule has 13 heavy (non-hydrogen) atoms. The van der Waals surface area contributed by atoms with Crippen LogP contribution in [0, 0.1) is 5.82 Å². The summed E-state index contributed by atoms with van der Waals surface area (Å²) in [6.45, 7) is 2.29. The van der Waals surface area contributed by atoms with Gasteiger partial charge in [-0.15, -0.1) is 0 Å². The number of halogens is 1. The second kappa shape index (κ2) is 4.89. The minimum Gasteiger partial charge on any atom is -0.395 e. The molecule has 1 aromatic heterocycles. The van der Waals surface area contributed by atoms with E-state index in [0.717, 1.165) is 0 Å². The second-order valence-corrected chi connectivity index (χ2v) is 2.93. The first kappa shape index (κ1) is 10.1. The van der Waals surface area contributed by atoms with Gasteiger partial charge in [-0.1, -0.05) is 0 Å². The van der Waals surface area contributed by atoms with Gasteiger partial charge in [0.1, 0.15) is 5.82 Å². The van der Waals surface area contributed by atoms with E-state index in [9.17, 15) is 4.39 Å². The molecule has 0 spiro atoms. The van der Waals surface area contributed by atoms with Crippen molar-refractivity contribution in [1.82, 2.24) is 10.3 Å². The number of hydrogen-bond acceptors (Lipinski definition) is 3. The first-order valence-electron chi connectivity index (χ1n) is 4.16. The van der Waals surface area contributed by atoms with Crippen molar-refractivity contribution in [2.75, 3.05) is 6.61 Å². The molecule has 1 heterocycles. The van der Waals surface area contributed by atoms with E-state index in [2.05, 4.69) is 10.3 Å². The maximum atomic E-state index is 13.0. The monoisotopic (exact) mass is 184 g/mol. The summed E-state index contributed by atoms with van der Waals surface area (Å²) in [4.78, 5) is 3.64. The fraction of sp³-hybridized carbons (Fsp3) is 0.444. The highest BCUT2D eigenvalue weighted by atomic mass is 19.1. The maximum absolute atomic E-state index is 13.0. The van der Waals surface area contributed by atoms with Crippen molar-refractivity contribution in [3.05, 3.63) is 29.8 Å². The van der Waals surface area contributed by atoms with Crippen LogP contribution in [-0.2, 0) is 6.54 Å². The van der Waals surface area contributed by atoms with Gasteiger partial charge in [-0.3, -0.25) is 4.98 Å². The van der Waals surface area contributed by atoms with Gasteiger partial charge >= 0.3 is 0 Å². The Labute approximate surface area is 76.6 Å². The topological polar surface area (TPSA) is 45.1 Å². The summed E-state index contributed by atoms with van der Waals surface area (Å²) < 4.78 is 13.0. The molecule has 0 saturated heterocycles. The normalized spacial score (nSPS) is 12.8. The van der Waals surface area contributed by atoms with Crippen molar-refractivity contribution in [3.63, 3.8) is 0 Å². The van der Waals surface area contributed by atoms with E-state index in [-0.39, 0.29) is 18.5 Å². The zero-order valence-corrected chi connectivity index (χ0v) is 7.50. The van der Waals surface area contributed by atoms with Crippen molar-refractivity contribution in [2.24, 2.45) is 0 Å². The lowest BCUT2D eigenvalue weighted by Gasteiger charge is -2.10. The third-order valence-electron chi connectivity index (χ3n) is 1.77. The highest BCUT2D eigenvalue weighted by Gasteiger charge is 2.02. The smallest absolute Gasteiger partial charge is 0.145 e. The first-order valence-corrected chi connectivity index (χ1v) is 4.16. The molecule has 0 aromatic carbocycles. The lowest BCUT2D eigenvalue weighted by atomic mass is 10.2. The molecule has 1 rings (SSSR count). The van der Waals surface area contributed by atoms with Crippen molar-refractivity contribution in [2.45, 2.75) is 19.5 Å². The van der Waals surface area contributed by atoms with Crippen LogP contribution in [0.4, 0.5) is 4.39 Å². The maximum Gasteiger partial charge on any atom is 0.145 e. The molecule has 1 unspecified atom stereocenters. The zero-order valence-electron chi connectivity index (χ0n) is 7.50. The lowest BCUT2D eigenvalue weighted by molar-refractivity contribution is 0.250. The Kier molecular flexibility index (Phi) is 3.79. The van der Waals surface area contributed by atoms with Gasteiger partial charge in [-0.2, -0.15) is 0 Å². The van der Waals surface area contributed by atoms with Crippen molar-refractivity contribution in [3.8, 4) is 0 Å². The van der Waals surface area contributed by atoms with Gasteiger partial charge in [0.15, 0.2) is 0 Å². The fourth-order valence-corrected chi connectivity index (χ4v) is 0.896. The van der Waals surface area contributed by atoms with E-state index < -0.39 is 0 Å². The summed E-state index contributed by atoms with van der Waals surface area (Å²) in [5.74, 6) is -0.319. The summed E-state index contributed by atoms with van der Waals surface area (Å²) in [5, 5.41) is 11.7. The average molecular weight is 184 g/mol. The lowest BCUT2D eigenvalue weighted by Crippen LogP contribution is -2.28. The first-order chi connectivity index (χ1) is 6.24. The predicted octanol–water partition coefficient (Wildman–Crippen LogP) is 0.691. The fourth-order valence-electron chi connectivity index (χ4n) is 0.896. The summed E-state index contributed by atoms with van der Waals surface area (Å²) in [7, 11) is 0. The minimum atomic E-state index is -0.319. The highest BCUT2D eigenvalue weighted by Crippen LogP contribution is 2.03. The van der Waals surface area contributed by atoms with Crippen LogP contribution in [0.5, 0.6) is 0 Å². The Morgan fingerprint density at radius 3 is 3.08 bits per heavy atom. The molecule has 72 valence electrons. The number of nitrogens with one attached hydrogen (secondary N) is 1. The van der Waals surface area contributed by atoms with Crippen LogP contribution in [0.2, 0.25) is 0 Å². The summed E-state index contributed by atoms with van der Waals surface area (Å²) in [5.41, 5.74) is 0.565.